The van der Waals surface area contributed by atoms with Crippen molar-refractivity contribution in [2.75, 3.05) is 13.2 Å². The van der Waals surface area contributed by atoms with Crippen LogP contribution in [0.15, 0.2) is 67.5 Å². The highest BCUT2D eigenvalue weighted by atomic mass is 16.5. The molecule has 0 fully saturated rings. The molecule has 0 unspecified atom stereocenters. The molecule has 2 rings (SSSR count). The van der Waals surface area contributed by atoms with Crippen LogP contribution in [0.4, 0.5) is 0 Å². The zero-order chi connectivity index (χ0) is 24.1. The lowest BCUT2D eigenvalue weighted by molar-refractivity contribution is 0.104. The molecule has 33 heavy (non-hydrogen) atoms. The molecule has 0 aromatic heterocycles. The summed E-state index contributed by atoms with van der Waals surface area (Å²) in [6, 6.07) is 11.0. The third kappa shape index (κ3) is 8.64. The van der Waals surface area contributed by atoms with Crippen molar-refractivity contribution in [1.82, 2.24) is 0 Å². The van der Waals surface area contributed by atoms with E-state index in [1.165, 1.54) is 0 Å². The Balaban J connectivity index is 2.29. The second-order valence-corrected chi connectivity index (χ2v) is 7.92. The first kappa shape index (κ1) is 26.0. The summed E-state index contributed by atoms with van der Waals surface area (Å²) in [6.45, 7) is 14.9. The number of allylic oxidation sites excluding steroid dienone is 3. The minimum absolute atomic E-state index is 0.0927. The van der Waals surface area contributed by atoms with Crippen LogP contribution in [-0.2, 0) is 6.42 Å². The Labute approximate surface area is 198 Å². The van der Waals surface area contributed by atoms with Gasteiger partial charge in [-0.25, -0.2) is 0 Å². The van der Waals surface area contributed by atoms with E-state index in [4.69, 9.17) is 14.2 Å². The second-order valence-electron chi connectivity index (χ2n) is 7.92. The van der Waals surface area contributed by atoms with Gasteiger partial charge in [0.2, 0.25) is 0 Å². The second kappa shape index (κ2) is 14.0. The van der Waals surface area contributed by atoms with Gasteiger partial charge in [-0.1, -0.05) is 39.3 Å². The molecule has 0 atom stereocenters. The molecule has 176 valence electrons. The molecular weight excluding hydrogens is 412 g/mol. The molecule has 0 bridgehead atoms. The van der Waals surface area contributed by atoms with Crippen LogP contribution in [0.5, 0.6) is 17.2 Å². The van der Waals surface area contributed by atoms with Crippen LogP contribution in [0.3, 0.4) is 0 Å². The summed E-state index contributed by atoms with van der Waals surface area (Å²) in [6.07, 6.45) is 9.98. The number of ketones is 1. The van der Waals surface area contributed by atoms with Crippen LogP contribution in [0.1, 0.15) is 67.9 Å². The summed E-state index contributed by atoms with van der Waals surface area (Å²) < 4.78 is 17.5. The van der Waals surface area contributed by atoms with Crippen LogP contribution >= 0.6 is 0 Å². The van der Waals surface area contributed by atoms with E-state index in [-0.39, 0.29) is 5.78 Å². The first-order valence-corrected chi connectivity index (χ1v) is 11.7. The first-order valence-electron chi connectivity index (χ1n) is 11.7. The molecule has 2 aromatic carbocycles. The monoisotopic (exact) mass is 448 g/mol. The molecule has 0 radical (unpaired) electrons. The number of rotatable bonds is 15. The van der Waals surface area contributed by atoms with Crippen LogP contribution in [0.2, 0.25) is 0 Å². The van der Waals surface area contributed by atoms with Gasteiger partial charge in [0.25, 0.3) is 0 Å². The molecule has 4 heteroatoms. The normalized spacial score (nSPS) is 10.8. The van der Waals surface area contributed by atoms with Gasteiger partial charge in [0.05, 0.1) is 19.0 Å². The topological polar surface area (TPSA) is 44.8 Å². The SMILES string of the molecule is C=CCc1cc(/C=C/C(=O)c2ccc(OC(=C)C)cc2)c(OCCCC)cc1OCCCC. The Morgan fingerprint density at radius 2 is 1.61 bits per heavy atom. The Morgan fingerprint density at radius 1 is 0.970 bits per heavy atom. The molecule has 0 amide bonds. The van der Waals surface area contributed by atoms with E-state index in [0.717, 1.165) is 48.3 Å². The molecule has 0 heterocycles. The predicted octanol–water partition coefficient (Wildman–Crippen LogP) is 7.58. The number of carbonyl (C=O) groups is 1. The fraction of sp³-hybridized carbons (Fsp3) is 0.345. The van der Waals surface area contributed by atoms with Gasteiger partial charge in [-0.3, -0.25) is 4.79 Å². The Kier molecular flexibility index (Phi) is 11.0. The van der Waals surface area contributed by atoms with Crippen molar-refractivity contribution in [1.29, 1.82) is 0 Å². The van der Waals surface area contributed by atoms with Gasteiger partial charge in [-0.15, -0.1) is 6.58 Å². The van der Waals surface area contributed by atoms with Gasteiger partial charge in [-0.2, -0.15) is 0 Å². The Bertz CT molecular complexity index is 954. The third-order valence-electron chi connectivity index (χ3n) is 4.91. The van der Waals surface area contributed by atoms with E-state index in [0.29, 0.717) is 36.7 Å². The predicted molar refractivity (Wildman–Crippen MR) is 136 cm³/mol. The fourth-order valence-electron chi connectivity index (χ4n) is 3.13. The van der Waals surface area contributed by atoms with Gasteiger partial charge in [-0.05, 0) is 74.2 Å². The summed E-state index contributed by atoms with van der Waals surface area (Å²) >= 11 is 0. The third-order valence-corrected chi connectivity index (χ3v) is 4.91. The van der Waals surface area contributed by atoms with Crippen LogP contribution in [0, 0.1) is 0 Å². The lowest BCUT2D eigenvalue weighted by Gasteiger charge is -2.16. The van der Waals surface area contributed by atoms with Crippen molar-refractivity contribution in [2.45, 2.75) is 52.9 Å². The van der Waals surface area contributed by atoms with E-state index in [1.54, 1.807) is 37.3 Å². The molecule has 4 nitrogen and oxygen atoms in total. The average Bonchev–Trinajstić information content (AvgIpc) is 2.79. The molecule has 0 aliphatic heterocycles. The number of unbranched alkanes of at least 4 members (excludes halogenated alkanes) is 2. The fourth-order valence-corrected chi connectivity index (χ4v) is 3.13. The van der Waals surface area contributed by atoms with Crippen molar-refractivity contribution in [2.24, 2.45) is 0 Å². The van der Waals surface area contributed by atoms with Crippen molar-refractivity contribution in [3.8, 4) is 17.2 Å². The highest BCUT2D eigenvalue weighted by molar-refractivity contribution is 6.07. The standard InChI is InChI=1S/C29H36O4/c1-6-9-18-31-28-21-29(32-19-10-7-2)25(20-24(28)11-8-3)14-17-27(30)23-12-15-26(16-13-23)33-22(4)5/h8,12-17,20-21H,3-4,6-7,9-11,18-19H2,1-2,5H3/b17-14+. The summed E-state index contributed by atoms with van der Waals surface area (Å²) in [5.41, 5.74) is 2.46. The van der Waals surface area contributed by atoms with Gasteiger partial charge < -0.3 is 14.2 Å². The van der Waals surface area contributed by atoms with Crippen molar-refractivity contribution < 1.29 is 19.0 Å². The zero-order valence-corrected chi connectivity index (χ0v) is 20.2. The van der Waals surface area contributed by atoms with E-state index in [1.807, 2.05) is 24.3 Å². The number of hydrogen-bond acceptors (Lipinski definition) is 4. The lowest BCUT2D eigenvalue weighted by Crippen LogP contribution is -2.04. The van der Waals surface area contributed by atoms with Gasteiger partial charge in [0, 0.05) is 17.2 Å². The first-order chi connectivity index (χ1) is 16.0. The summed E-state index contributed by atoms with van der Waals surface area (Å²) in [5, 5.41) is 0. The number of ether oxygens (including phenoxy) is 3. The van der Waals surface area contributed by atoms with Crippen LogP contribution in [-0.4, -0.2) is 19.0 Å². The van der Waals surface area contributed by atoms with E-state index >= 15 is 0 Å². The lowest BCUT2D eigenvalue weighted by atomic mass is 10.0. The van der Waals surface area contributed by atoms with Crippen LogP contribution in [0.25, 0.3) is 6.08 Å². The van der Waals surface area contributed by atoms with Gasteiger partial charge in [0.15, 0.2) is 5.78 Å². The van der Waals surface area contributed by atoms with Crippen molar-refractivity contribution >= 4 is 11.9 Å². The Morgan fingerprint density at radius 3 is 2.18 bits per heavy atom. The smallest absolute Gasteiger partial charge is 0.185 e. The summed E-state index contributed by atoms with van der Waals surface area (Å²) in [4.78, 5) is 12.7. The number of carbonyl (C=O) groups excluding carboxylic acids is 1. The molecular formula is C29H36O4. The summed E-state index contributed by atoms with van der Waals surface area (Å²) in [5.74, 6) is 2.69. The molecule has 0 saturated heterocycles. The van der Waals surface area contributed by atoms with Crippen LogP contribution < -0.4 is 14.2 Å². The number of benzene rings is 2. The maximum Gasteiger partial charge on any atom is 0.185 e. The van der Waals surface area contributed by atoms with Gasteiger partial charge >= 0.3 is 0 Å². The molecule has 0 aliphatic rings. The molecule has 0 aliphatic carbocycles. The minimum Gasteiger partial charge on any atom is -0.493 e. The average molecular weight is 449 g/mol. The quantitative estimate of drug-likeness (QED) is 0.0926. The molecule has 0 N–H and O–H groups in total. The Hall–Kier alpha value is -3.27. The highest BCUT2D eigenvalue weighted by Gasteiger charge is 2.12. The van der Waals surface area contributed by atoms with Crippen molar-refractivity contribution in [3.63, 3.8) is 0 Å². The molecule has 0 saturated carbocycles. The molecule has 0 spiro atoms. The van der Waals surface area contributed by atoms with E-state index in [2.05, 4.69) is 27.0 Å². The highest BCUT2D eigenvalue weighted by Crippen LogP contribution is 2.32. The van der Waals surface area contributed by atoms with Gasteiger partial charge in [0.1, 0.15) is 17.2 Å². The number of hydrogen-bond donors (Lipinski definition) is 0. The largest absolute Gasteiger partial charge is 0.493 e. The van der Waals surface area contributed by atoms with E-state index < -0.39 is 0 Å². The van der Waals surface area contributed by atoms with E-state index in [9.17, 15) is 4.79 Å². The summed E-state index contributed by atoms with van der Waals surface area (Å²) in [7, 11) is 0. The maximum absolute atomic E-state index is 12.7. The maximum atomic E-state index is 12.7. The molecule has 2 aromatic rings. The van der Waals surface area contributed by atoms with Crippen molar-refractivity contribution in [3.05, 3.63) is 84.2 Å². The minimum atomic E-state index is -0.0927. The zero-order valence-electron chi connectivity index (χ0n) is 20.2.